The first kappa shape index (κ1) is 15.3. The lowest BCUT2D eigenvalue weighted by Gasteiger charge is -2.18. The quantitative estimate of drug-likeness (QED) is 0.672. The first-order chi connectivity index (χ1) is 10.1. The van der Waals surface area contributed by atoms with E-state index in [0.29, 0.717) is 30.2 Å². The Labute approximate surface area is 125 Å². The smallest absolute Gasteiger partial charge is 0.245 e. The Morgan fingerprint density at radius 2 is 2.29 bits per heavy atom. The van der Waals surface area contributed by atoms with Crippen molar-refractivity contribution in [2.45, 2.75) is 19.8 Å². The number of hydrogen-bond donors (Lipinski definition) is 3. The first-order valence-corrected chi connectivity index (χ1v) is 7.72. The molecular formula is C13H18N4O3S. The topological polar surface area (TPSA) is 106 Å². The Bertz CT molecular complexity index is 589. The van der Waals surface area contributed by atoms with Gasteiger partial charge in [0.1, 0.15) is 11.6 Å². The van der Waals surface area contributed by atoms with Crippen LogP contribution in [0.5, 0.6) is 5.75 Å². The van der Waals surface area contributed by atoms with E-state index < -0.39 is 11.2 Å². The van der Waals surface area contributed by atoms with Crippen molar-refractivity contribution >= 4 is 28.6 Å². The maximum atomic E-state index is 11.4. The Balaban J connectivity index is 1.91. The molecule has 1 amide bonds. The summed E-state index contributed by atoms with van der Waals surface area (Å²) >= 11 is -1.54. The number of nitrogens with zero attached hydrogens (tertiary/aromatic N) is 1. The van der Waals surface area contributed by atoms with Crippen LogP contribution in [-0.4, -0.2) is 29.1 Å². The molecule has 1 unspecified atom stereocenters. The third kappa shape index (κ3) is 4.19. The lowest BCUT2D eigenvalue weighted by molar-refractivity contribution is -0.118. The average Bonchev–Trinajstić information content (AvgIpc) is 2.41. The fraction of sp³-hybridized carbons (Fsp3) is 0.385. The zero-order chi connectivity index (χ0) is 15.2. The maximum absolute atomic E-state index is 11.4. The van der Waals surface area contributed by atoms with Gasteiger partial charge in [0.15, 0.2) is 0 Å². The number of carbonyl (C=O) groups excluding carboxylic acids is 1. The standard InChI is InChI=1S/C13H18N4O3S/c1-9(18)15-7-2-3-8-20-11-6-4-5-10-12(11)13(14)17-21(19)16-10/h4-6,16H,2-3,7-8H2,1H3,(H2,14,17)(H,15,18). The molecule has 0 saturated carbocycles. The third-order valence-corrected chi connectivity index (χ3v) is 3.62. The van der Waals surface area contributed by atoms with Crippen molar-refractivity contribution in [1.82, 2.24) is 5.32 Å². The number of nitrogens with one attached hydrogen (secondary N) is 2. The zero-order valence-corrected chi connectivity index (χ0v) is 12.5. The van der Waals surface area contributed by atoms with Gasteiger partial charge < -0.3 is 15.8 Å². The molecule has 8 heteroatoms. The van der Waals surface area contributed by atoms with Gasteiger partial charge in [0.05, 0.1) is 17.9 Å². The second kappa shape index (κ2) is 7.07. The molecule has 1 heterocycles. The zero-order valence-electron chi connectivity index (χ0n) is 11.7. The van der Waals surface area contributed by atoms with Crippen molar-refractivity contribution in [2.75, 3.05) is 17.9 Å². The molecule has 0 fully saturated rings. The first-order valence-electron chi connectivity index (χ1n) is 6.61. The fourth-order valence-corrected chi connectivity index (χ4v) is 2.60. The number of hydrogen-bond acceptors (Lipinski definition) is 4. The van der Waals surface area contributed by atoms with Gasteiger partial charge in [-0.1, -0.05) is 6.07 Å². The van der Waals surface area contributed by atoms with Crippen LogP contribution < -0.4 is 20.5 Å². The second-order valence-corrected chi connectivity index (χ2v) is 5.43. The average molecular weight is 310 g/mol. The van der Waals surface area contributed by atoms with Gasteiger partial charge in [-0.3, -0.25) is 9.52 Å². The van der Waals surface area contributed by atoms with Crippen LogP contribution in [0.3, 0.4) is 0 Å². The summed E-state index contributed by atoms with van der Waals surface area (Å²) in [7, 11) is 0. The molecule has 0 aromatic heterocycles. The summed E-state index contributed by atoms with van der Waals surface area (Å²) in [6, 6.07) is 5.37. The van der Waals surface area contributed by atoms with Crippen molar-refractivity contribution in [3.8, 4) is 5.75 Å². The fourth-order valence-electron chi connectivity index (χ4n) is 1.93. The van der Waals surface area contributed by atoms with E-state index in [0.717, 1.165) is 12.8 Å². The minimum absolute atomic E-state index is 0.0314. The monoisotopic (exact) mass is 310 g/mol. The van der Waals surface area contributed by atoms with Crippen LogP contribution in [0, 0.1) is 0 Å². The Morgan fingerprint density at radius 3 is 3.05 bits per heavy atom. The van der Waals surface area contributed by atoms with Gasteiger partial charge in [0, 0.05) is 13.5 Å². The summed E-state index contributed by atoms with van der Waals surface area (Å²) in [5.41, 5.74) is 7.10. The molecule has 21 heavy (non-hydrogen) atoms. The van der Waals surface area contributed by atoms with Gasteiger partial charge in [0.25, 0.3) is 0 Å². The number of amidine groups is 1. The SMILES string of the molecule is CC(=O)NCCCCOc1cccc2c1C(N)=NS(=O)N2. The minimum Gasteiger partial charge on any atom is -0.493 e. The molecule has 1 aliphatic heterocycles. The van der Waals surface area contributed by atoms with E-state index in [1.807, 2.05) is 0 Å². The van der Waals surface area contributed by atoms with E-state index in [9.17, 15) is 9.00 Å². The van der Waals surface area contributed by atoms with Crippen molar-refractivity contribution in [1.29, 1.82) is 0 Å². The Morgan fingerprint density at radius 1 is 1.48 bits per heavy atom. The van der Waals surface area contributed by atoms with Crippen molar-refractivity contribution in [3.05, 3.63) is 23.8 Å². The minimum atomic E-state index is -1.54. The molecule has 7 nitrogen and oxygen atoms in total. The highest BCUT2D eigenvalue weighted by molar-refractivity contribution is 7.85. The molecule has 2 rings (SSSR count). The predicted octanol–water partition coefficient (Wildman–Crippen LogP) is 0.691. The molecule has 0 saturated heterocycles. The summed E-state index contributed by atoms with van der Waals surface area (Å²) in [6.07, 6.45) is 1.64. The van der Waals surface area contributed by atoms with Crippen molar-refractivity contribution < 1.29 is 13.7 Å². The van der Waals surface area contributed by atoms with Gasteiger partial charge >= 0.3 is 0 Å². The normalized spacial score (nSPS) is 16.4. The van der Waals surface area contributed by atoms with E-state index in [-0.39, 0.29) is 11.7 Å². The van der Waals surface area contributed by atoms with Crippen molar-refractivity contribution in [2.24, 2.45) is 10.1 Å². The molecule has 1 atom stereocenters. The van der Waals surface area contributed by atoms with Crippen LogP contribution >= 0.6 is 0 Å². The third-order valence-electron chi connectivity index (χ3n) is 2.86. The summed E-state index contributed by atoms with van der Waals surface area (Å²) in [5.74, 6) is 0.782. The van der Waals surface area contributed by atoms with E-state index >= 15 is 0 Å². The lowest BCUT2D eigenvalue weighted by Crippen LogP contribution is -2.24. The van der Waals surface area contributed by atoms with E-state index in [1.54, 1.807) is 18.2 Å². The Kier molecular flexibility index (Phi) is 5.15. The van der Waals surface area contributed by atoms with Gasteiger partial charge in [0.2, 0.25) is 17.1 Å². The van der Waals surface area contributed by atoms with Crippen LogP contribution in [0.4, 0.5) is 5.69 Å². The van der Waals surface area contributed by atoms with E-state index in [4.69, 9.17) is 10.5 Å². The van der Waals surface area contributed by atoms with Crippen molar-refractivity contribution in [3.63, 3.8) is 0 Å². The van der Waals surface area contributed by atoms with Crippen LogP contribution in [0.25, 0.3) is 0 Å². The number of anilines is 1. The number of benzene rings is 1. The van der Waals surface area contributed by atoms with Gasteiger partial charge in [-0.05, 0) is 25.0 Å². The Hall–Kier alpha value is -2.09. The highest BCUT2D eigenvalue weighted by atomic mass is 32.2. The van der Waals surface area contributed by atoms with E-state index in [1.165, 1.54) is 6.92 Å². The highest BCUT2D eigenvalue weighted by Crippen LogP contribution is 2.29. The number of amides is 1. The highest BCUT2D eigenvalue weighted by Gasteiger charge is 2.19. The summed E-state index contributed by atoms with van der Waals surface area (Å²) in [4.78, 5) is 10.7. The number of unbranched alkanes of at least 4 members (excludes halogenated alkanes) is 1. The number of fused-ring (bicyclic) bond motifs is 1. The molecule has 0 bridgehead atoms. The van der Waals surface area contributed by atoms with Crippen LogP contribution in [-0.2, 0) is 16.0 Å². The molecular weight excluding hydrogens is 292 g/mol. The molecule has 0 spiro atoms. The van der Waals surface area contributed by atoms with Crippen LogP contribution in [0.2, 0.25) is 0 Å². The van der Waals surface area contributed by atoms with Crippen LogP contribution in [0.15, 0.2) is 22.6 Å². The number of ether oxygens (including phenoxy) is 1. The maximum Gasteiger partial charge on any atom is 0.245 e. The number of nitrogens with two attached hydrogens (primary N) is 1. The predicted molar refractivity (Wildman–Crippen MR) is 82.3 cm³/mol. The molecule has 0 aliphatic carbocycles. The lowest BCUT2D eigenvalue weighted by atomic mass is 10.1. The molecule has 0 radical (unpaired) electrons. The molecule has 1 aromatic carbocycles. The largest absolute Gasteiger partial charge is 0.493 e. The molecule has 114 valence electrons. The van der Waals surface area contributed by atoms with E-state index in [2.05, 4.69) is 14.4 Å². The molecule has 1 aliphatic rings. The summed E-state index contributed by atoms with van der Waals surface area (Å²) < 4.78 is 23.6. The van der Waals surface area contributed by atoms with Gasteiger partial charge in [-0.15, -0.1) is 0 Å². The molecule has 1 aromatic rings. The second-order valence-electron chi connectivity index (χ2n) is 4.54. The number of carbonyl (C=O) groups is 1. The van der Waals surface area contributed by atoms with Gasteiger partial charge in [-0.2, -0.15) is 4.40 Å². The van der Waals surface area contributed by atoms with Gasteiger partial charge in [-0.25, -0.2) is 4.21 Å². The van der Waals surface area contributed by atoms with Crippen LogP contribution in [0.1, 0.15) is 25.3 Å². The summed E-state index contributed by atoms with van der Waals surface area (Å²) in [6.45, 7) is 2.63. The summed E-state index contributed by atoms with van der Waals surface area (Å²) in [5, 5.41) is 2.73. The molecule has 4 N–H and O–H groups in total. The number of rotatable bonds is 6.